The molecule has 0 radical (unpaired) electrons. The van der Waals surface area contributed by atoms with Crippen LogP contribution in [0.1, 0.15) is 6.92 Å². The number of hydrogen-bond acceptors (Lipinski definition) is 46. The Hall–Kier alpha value is 1.05. The lowest BCUT2D eigenvalue weighted by atomic mass is 10.2. The van der Waals surface area contributed by atoms with Gasteiger partial charge in [-0.1, -0.05) is 6.92 Å². The van der Waals surface area contributed by atoms with Crippen LogP contribution in [0.5, 0.6) is 0 Å². The maximum Gasteiger partial charge on any atom is 0.268 e. The molecular weight excluding hydrogens is 1480 g/mol. The van der Waals surface area contributed by atoms with Crippen molar-refractivity contribution < 1.29 is 209 Å². The molecule has 0 heterocycles. The van der Waals surface area contributed by atoms with E-state index >= 15 is 0 Å². The van der Waals surface area contributed by atoms with Gasteiger partial charge in [-0.05, 0) is 33.6 Å². The Morgan fingerprint density at radius 2 is 0.456 bits per heavy atom. The lowest BCUT2D eigenvalue weighted by Crippen LogP contribution is -2.28. The van der Waals surface area contributed by atoms with Gasteiger partial charge in [0.25, 0.3) is 86.0 Å². The maximum absolute atomic E-state index is 11.9. The number of rotatable bonds is 59. The number of aliphatic hydroxyl groups excluding tert-OH is 1. The summed E-state index contributed by atoms with van der Waals surface area (Å²) in [6, 6.07) is 0. The lowest BCUT2D eigenvalue weighted by Gasteiger charge is -2.28. The summed E-state index contributed by atoms with van der Waals surface area (Å²) in [6.07, 6.45) is 0. The van der Waals surface area contributed by atoms with Gasteiger partial charge in [-0.25, -0.2) is 0 Å². The van der Waals surface area contributed by atoms with Crippen LogP contribution in [-0.4, -0.2) is 194 Å². The molecule has 0 aliphatic carbocycles. The van der Waals surface area contributed by atoms with Crippen molar-refractivity contribution in [1.29, 1.82) is 0 Å². The van der Waals surface area contributed by atoms with Crippen molar-refractivity contribution >= 4 is 86.0 Å². The highest BCUT2D eigenvalue weighted by atomic mass is 31.2. The number of phosphoric ester groups is 11. The van der Waals surface area contributed by atoms with Crippen molar-refractivity contribution in [2.24, 2.45) is 17.8 Å². The zero-order valence-corrected chi connectivity index (χ0v) is 57.4. The van der Waals surface area contributed by atoms with E-state index in [9.17, 15) is 104 Å². The Morgan fingerprint density at radius 3 is 0.667 bits per heavy atom. The van der Waals surface area contributed by atoms with E-state index in [1.54, 1.807) is 21.0 Å². The topological polar surface area (TPSA) is 723 Å². The van der Waals surface area contributed by atoms with Crippen LogP contribution in [-0.2, 0) is 141 Å². The first-order valence-corrected chi connectivity index (χ1v) is 40.7. The third-order valence-corrected chi connectivity index (χ3v) is 18.2. The van der Waals surface area contributed by atoms with E-state index in [2.05, 4.69) is 106 Å². The van der Waals surface area contributed by atoms with Crippen molar-refractivity contribution in [3.8, 4) is 0 Å². The molecule has 14 atom stereocenters. The van der Waals surface area contributed by atoms with Crippen LogP contribution in [0.2, 0.25) is 0 Å². The van der Waals surface area contributed by atoms with Crippen LogP contribution in [0.15, 0.2) is 0 Å². The third-order valence-electron chi connectivity index (χ3n) is 8.39. The van der Waals surface area contributed by atoms with Crippen molar-refractivity contribution in [1.82, 2.24) is 16.0 Å². The number of aliphatic hydroxyl groups is 1. The fourth-order valence-electron chi connectivity index (χ4n) is 4.86. The van der Waals surface area contributed by atoms with Gasteiger partial charge in [0.05, 0.1) is 132 Å². The molecular formula is C31H69N3O45P11-11. The molecule has 0 amide bonds. The van der Waals surface area contributed by atoms with E-state index < -0.39 is 230 Å². The van der Waals surface area contributed by atoms with Crippen molar-refractivity contribution in [2.45, 2.75) is 6.92 Å². The second-order valence-electron chi connectivity index (χ2n) is 16.2. The van der Waals surface area contributed by atoms with Gasteiger partial charge in [0.2, 0.25) is 0 Å². The number of hydrogen-bond donors (Lipinski definition) is 6. The molecule has 0 bridgehead atoms. The molecule has 0 saturated carbocycles. The lowest BCUT2D eigenvalue weighted by molar-refractivity contribution is -0.238. The average Bonchev–Trinajstić information content (AvgIpc) is 3.57. The molecule has 0 aromatic heterocycles. The number of phosphoric acid groups is 11. The Kier molecular flexibility index (Phi) is 48.8. The van der Waals surface area contributed by atoms with E-state index in [1.807, 2.05) is 0 Å². The van der Waals surface area contributed by atoms with Crippen molar-refractivity contribution in [3.63, 3.8) is 0 Å². The highest BCUT2D eigenvalue weighted by molar-refractivity contribution is 7.48. The molecule has 0 fully saturated rings. The Labute approximate surface area is 514 Å². The third kappa shape index (κ3) is 59.1. The standard InChI is InChI=1S/C24H61N2O37P9.C7H19NO8P2/c1-25-17-23(19-27)20-62-71(43,44)59-15-13-57-69(39,40)55-11-9-53-67(35,36)51-7-5-49-65(31,32)47-3-4-48-66(33,34)50-6-8-52-68(37,38)54-10-12-56-70(41,42)58-14-16-60-72(45,46)63-22-24(18-26-2)21-61-64(28,29)30;1-7(5-8-2)6-16-18(12,13)15-4-3-14-17(9,10)11/h23-27H,3-22H2,1-2H3,(H,31,32)(H,33,34)(H,35,36)(H,37,38)(H,39,40)(H,41,42)(H,43,44)(H,45,46)(H2,28,29,30);7-8H,3-6H2,1-2H3,(H,12,13)(H2,9,10,11)/p-11. The predicted molar refractivity (Wildman–Crippen MR) is 272 cm³/mol. The molecule has 0 aliphatic rings. The van der Waals surface area contributed by atoms with Gasteiger partial charge in [0.1, 0.15) is 0 Å². The predicted octanol–water partition coefficient (Wildman–Crippen LogP) is -7.04. The summed E-state index contributed by atoms with van der Waals surface area (Å²) in [4.78, 5) is 143. The summed E-state index contributed by atoms with van der Waals surface area (Å²) < 4.78 is 213. The maximum atomic E-state index is 11.9. The zero-order chi connectivity index (χ0) is 69.5. The SMILES string of the molecule is CNCC(C)COP(=O)([O-])OCCOP(=O)([O-])O.CNCC(CO)COP(=O)([O-])OCCOP(=O)([O-])OCCOP(=O)([O-])OCCOP(=O)([O-])OCCOP(=O)([O-])OCCOP(=O)([O-])OCCOP(=O)([O-])OCCOP(=O)([O-])OCC(CNC)COP(=O)([O-])O. The fourth-order valence-corrected chi connectivity index (χ4v) is 11.9. The van der Waals surface area contributed by atoms with Gasteiger partial charge in [0.15, 0.2) is 0 Å². The summed E-state index contributed by atoms with van der Waals surface area (Å²) in [7, 11) is -51.1. The first-order valence-electron chi connectivity index (χ1n) is 24.6. The molecule has 544 valence electrons. The zero-order valence-electron chi connectivity index (χ0n) is 47.6. The van der Waals surface area contributed by atoms with Crippen molar-refractivity contribution in [2.75, 3.05) is 180 Å². The monoisotopic (exact) mass is 1540 g/mol. The minimum Gasteiger partial charge on any atom is -0.756 e. The van der Waals surface area contributed by atoms with E-state index in [0.717, 1.165) is 0 Å². The normalized spacial score (nSPS) is 20.6. The second kappa shape index (κ2) is 47.2. The number of nitrogens with one attached hydrogen (secondary N) is 3. The minimum atomic E-state index is -5.27. The average molecular weight is 1540 g/mol. The molecule has 48 nitrogen and oxygen atoms in total. The quantitative estimate of drug-likeness (QED) is 0.0243. The molecule has 6 N–H and O–H groups in total. The minimum absolute atomic E-state index is 0.0258. The van der Waals surface area contributed by atoms with Crippen LogP contribution in [0.25, 0.3) is 0 Å². The molecule has 90 heavy (non-hydrogen) atoms. The molecule has 0 aliphatic heterocycles. The summed E-state index contributed by atoms with van der Waals surface area (Å²) in [5.74, 6) is -1.53. The summed E-state index contributed by atoms with van der Waals surface area (Å²) in [5, 5.41) is 17.3. The van der Waals surface area contributed by atoms with Crippen LogP contribution in [0.3, 0.4) is 0 Å². The Bertz CT molecular complexity index is 2510. The first kappa shape index (κ1) is 93.1. The van der Waals surface area contributed by atoms with Crippen LogP contribution in [0.4, 0.5) is 0 Å². The molecule has 0 saturated heterocycles. The molecule has 59 heteroatoms. The Balaban J connectivity index is 0. The van der Waals surface area contributed by atoms with Gasteiger partial charge < -0.3 is 175 Å². The molecule has 0 spiro atoms. The summed E-state index contributed by atoms with van der Waals surface area (Å²) in [5.41, 5.74) is 0. The van der Waals surface area contributed by atoms with E-state index in [4.69, 9.17) is 14.9 Å². The smallest absolute Gasteiger partial charge is 0.268 e. The largest absolute Gasteiger partial charge is 0.756 e. The highest BCUT2D eigenvalue weighted by Crippen LogP contribution is 2.46. The fraction of sp³-hybridized carbons (Fsp3) is 1.00. The van der Waals surface area contributed by atoms with Crippen LogP contribution >= 0.6 is 86.0 Å². The van der Waals surface area contributed by atoms with E-state index in [1.165, 1.54) is 7.05 Å². The molecule has 0 rings (SSSR count). The van der Waals surface area contributed by atoms with Gasteiger partial charge in [-0.2, -0.15) is 0 Å². The van der Waals surface area contributed by atoms with Gasteiger partial charge in [0, 0.05) is 31.5 Å². The molecule has 0 aromatic carbocycles. The first-order chi connectivity index (χ1) is 41.2. The van der Waals surface area contributed by atoms with Gasteiger partial charge >= 0.3 is 0 Å². The Morgan fingerprint density at radius 1 is 0.278 bits per heavy atom. The summed E-state index contributed by atoms with van der Waals surface area (Å²) in [6.45, 7) is -14.6. The van der Waals surface area contributed by atoms with Crippen LogP contribution in [0, 0.1) is 17.8 Å². The van der Waals surface area contributed by atoms with E-state index in [-0.39, 0.29) is 25.6 Å². The highest BCUT2D eigenvalue weighted by Gasteiger charge is 2.22. The summed E-state index contributed by atoms with van der Waals surface area (Å²) >= 11 is 0. The van der Waals surface area contributed by atoms with Gasteiger partial charge in [-0.15, -0.1) is 0 Å². The second-order valence-corrected chi connectivity index (χ2v) is 31.3. The molecule has 0 aromatic rings. The van der Waals surface area contributed by atoms with Crippen molar-refractivity contribution in [3.05, 3.63) is 0 Å². The van der Waals surface area contributed by atoms with Gasteiger partial charge in [-0.3, -0.25) is 50.2 Å². The van der Waals surface area contributed by atoms with E-state index in [0.29, 0.717) is 6.54 Å². The van der Waals surface area contributed by atoms with Crippen LogP contribution < -0.4 is 69.8 Å². The molecule has 14 unspecified atom stereocenters.